The summed E-state index contributed by atoms with van der Waals surface area (Å²) in [6.45, 7) is 2.67. The number of aromatic amines is 1. The minimum Gasteiger partial charge on any atom is -0.354 e. The van der Waals surface area contributed by atoms with Crippen molar-refractivity contribution in [3.05, 3.63) is 53.1 Å². The second-order valence-electron chi connectivity index (χ2n) is 8.66. The molecule has 0 fully saturated rings. The third-order valence-corrected chi connectivity index (χ3v) is 8.21. The summed E-state index contributed by atoms with van der Waals surface area (Å²) in [7, 11) is -0.0982. The molecule has 1 aliphatic rings. The van der Waals surface area contributed by atoms with Gasteiger partial charge in [-0.25, -0.2) is 27.2 Å². The van der Waals surface area contributed by atoms with Gasteiger partial charge in [0.05, 0.1) is 17.1 Å². The van der Waals surface area contributed by atoms with Crippen molar-refractivity contribution in [2.75, 3.05) is 24.7 Å². The minimum absolute atomic E-state index is 0.0486. The number of carbonyl (C=O) groups excluding carboxylic acids is 1. The number of ketones is 1. The zero-order valence-electron chi connectivity index (χ0n) is 19.6. The zero-order chi connectivity index (χ0) is 25.5. The molecule has 1 aliphatic carbocycles. The van der Waals surface area contributed by atoms with E-state index in [0.29, 0.717) is 28.7 Å². The molecule has 186 valence electrons. The van der Waals surface area contributed by atoms with E-state index in [4.69, 9.17) is 0 Å². The third kappa shape index (κ3) is 4.72. The predicted molar refractivity (Wildman–Crippen MR) is 133 cm³/mol. The number of carbonyl (C=O) groups is 1. The van der Waals surface area contributed by atoms with Crippen molar-refractivity contribution in [2.45, 2.75) is 25.9 Å². The molecule has 2 unspecified atom stereocenters. The van der Waals surface area contributed by atoms with Crippen LogP contribution in [-0.4, -0.2) is 54.7 Å². The molecule has 8 nitrogen and oxygen atoms in total. The first-order valence-corrected chi connectivity index (χ1v) is 13.4. The lowest BCUT2D eigenvalue weighted by Crippen LogP contribution is -2.46. The van der Waals surface area contributed by atoms with E-state index in [-0.39, 0.29) is 17.0 Å². The Balaban J connectivity index is 1.71. The van der Waals surface area contributed by atoms with Gasteiger partial charge >= 0.3 is 0 Å². The van der Waals surface area contributed by atoms with Crippen LogP contribution in [0.15, 0.2) is 47.5 Å². The van der Waals surface area contributed by atoms with E-state index in [9.17, 15) is 17.6 Å². The van der Waals surface area contributed by atoms with Crippen LogP contribution in [0.25, 0.3) is 22.3 Å². The number of rotatable bonds is 8. The Hall–Kier alpha value is -3.12. The van der Waals surface area contributed by atoms with Crippen molar-refractivity contribution in [1.82, 2.24) is 19.7 Å². The van der Waals surface area contributed by atoms with Crippen molar-refractivity contribution < 1.29 is 22.0 Å². The van der Waals surface area contributed by atoms with Crippen LogP contribution < -0.4 is 9.62 Å². The number of pyridine rings is 1. The number of sulfonamides is 1. The number of H-pyrrole nitrogens is 1. The number of halogens is 2. The Morgan fingerprint density at radius 3 is 2.74 bits per heavy atom. The number of hydrogen-bond donors (Lipinski definition) is 2. The third-order valence-electron chi connectivity index (χ3n) is 5.72. The number of hydrogen-bond acceptors (Lipinski definition) is 7. The molecule has 0 bridgehead atoms. The van der Waals surface area contributed by atoms with E-state index in [1.165, 1.54) is 17.5 Å². The van der Waals surface area contributed by atoms with Gasteiger partial charge < -0.3 is 9.88 Å². The molecule has 12 heteroatoms. The fourth-order valence-electron chi connectivity index (χ4n) is 3.93. The highest BCUT2D eigenvalue weighted by Crippen LogP contribution is 2.41. The first-order chi connectivity index (χ1) is 16.4. The highest BCUT2D eigenvalue weighted by molar-refractivity contribution is 7.89. The molecule has 0 aliphatic heterocycles. The van der Waals surface area contributed by atoms with Gasteiger partial charge in [0.2, 0.25) is 10.0 Å². The molecular weight excluding hydrogens is 496 g/mol. The minimum atomic E-state index is -3.84. The summed E-state index contributed by atoms with van der Waals surface area (Å²) in [6, 6.07) is 1.70. The van der Waals surface area contributed by atoms with Crippen LogP contribution in [0.2, 0.25) is 0 Å². The van der Waals surface area contributed by atoms with Gasteiger partial charge in [0.25, 0.3) is 0 Å². The average Bonchev–Trinajstić information content (AvgIpc) is 3.42. The Morgan fingerprint density at radius 2 is 2.09 bits per heavy atom. The van der Waals surface area contributed by atoms with Gasteiger partial charge in [0, 0.05) is 48.4 Å². The van der Waals surface area contributed by atoms with Crippen molar-refractivity contribution in [3.63, 3.8) is 0 Å². The Bertz CT molecular complexity index is 1450. The van der Waals surface area contributed by atoms with Crippen LogP contribution in [0.1, 0.15) is 30.6 Å². The number of aromatic nitrogens is 3. The molecule has 0 aromatic carbocycles. The number of allylic oxidation sites excluding steroid dienone is 4. The molecule has 2 N–H and O–H groups in total. The Morgan fingerprint density at radius 1 is 1.34 bits per heavy atom. The molecule has 35 heavy (non-hydrogen) atoms. The summed E-state index contributed by atoms with van der Waals surface area (Å²) < 4.78 is 57.5. The first kappa shape index (κ1) is 25.0. The number of alkyl halides is 1. The topological polar surface area (TPSA) is 108 Å². The predicted octanol–water partition coefficient (Wildman–Crippen LogP) is 4.36. The highest BCUT2D eigenvalue weighted by Gasteiger charge is 2.48. The van der Waals surface area contributed by atoms with Crippen LogP contribution in [0.3, 0.4) is 0 Å². The highest BCUT2D eigenvalue weighted by atomic mass is 32.2. The maximum atomic E-state index is 16.0. The van der Waals surface area contributed by atoms with Gasteiger partial charge in [-0.3, -0.25) is 9.52 Å². The maximum absolute atomic E-state index is 16.0. The van der Waals surface area contributed by atoms with Crippen LogP contribution in [0.5, 0.6) is 0 Å². The van der Waals surface area contributed by atoms with Crippen molar-refractivity contribution in [3.8, 4) is 11.3 Å². The second kappa shape index (κ2) is 9.15. The Labute approximate surface area is 205 Å². The average molecular weight is 522 g/mol. The quantitative estimate of drug-likeness (QED) is 0.427. The number of anilines is 1. The summed E-state index contributed by atoms with van der Waals surface area (Å²) in [5.74, 6) is -3.92. The van der Waals surface area contributed by atoms with E-state index in [1.807, 2.05) is 24.4 Å². The summed E-state index contributed by atoms with van der Waals surface area (Å²) in [5.41, 5.74) is -1.29. The van der Waals surface area contributed by atoms with Crippen LogP contribution in [0, 0.1) is 5.92 Å². The summed E-state index contributed by atoms with van der Waals surface area (Å²) in [4.78, 5) is 27.1. The van der Waals surface area contributed by atoms with E-state index in [0.717, 1.165) is 24.2 Å². The van der Waals surface area contributed by atoms with Gasteiger partial charge in [-0.15, -0.1) is 11.3 Å². The molecule has 0 spiro atoms. The molecule has 4 rings (SSSR count). The monoisotopic (exact) mass is 521 g/mol. The number of nitrogens with zero attached hydrogens (tertiary/aromatic N) is 3. The molecule has 3 heterocycles. The molecule has 0 amide bonds. The fraction of sp³-hybridized carbons (Fsp3) is 0.348. The van der Waals surface area contributed by atoms with Gasteiger partial charge in [0.15, 0.2) is 16.6 Å². The van der Waals surface area contributed by atoms with Gasteiger partial charge in [-0.2, -0.15) is 0 Å². The second-order valence-corrected chi connectivity index (χ2v) is 11.3. The standard InChI is InChI=1S/C23H25F2N5O3S2/c1-5-8-35(32,33)29-18-7-6-16(24)19(23(18,2)25)20(31)15-11-27-21-14(15)9-13(10-26-21)17-12-34-22(28-17)30(3)4/h6-7,9-12,19,29H,5,8H2,1-4H3,(H,26,27). The van der Waals surface area contributed by atoms with E-state index in [2.05, 4.69) is 19.7 Å². The molecule has 3 aromatic rings. The van der Waals surface area contributed by atoms with Crippen molar-refractivity contribution in [1.29, 1.82) is 0 Å². The Kier molecular flexibility index (Phi) is 6.54. The lowest BCUT2D eigenvalue weighted by atomic mass is 9.78. The van der Waals surface area contributed by atoms with Crippen LogP contribution in [0.4, 0.5) is 13.9 Å². The lowest BCUT2D eigenvalue weighted by molar-refractivity contribution is 0.0747. The fourth-order valence-corrected chi connectivity index (χ4v) is 5.94. The molecule has 0 saturated carbocycles. The maximum Gasteiger partial charge on any atom is 0.232 e. The van der Waals surface area contributed by atoms with Crippen LogP contribution in [-0.2, 0) is 10.0 Å². The summed E-state index contributed by atoms with van der Waals surface area (Å²) in [6.07, 6.45) is 5.22. The van der Waals surface area contributed by atoms with Gasteiger partial charge in [-0.05, 0) is 31.6 Å². The number of thiazole rings is 1. The normalized spacial score (nSPS) is 20.5. The molecule has 3 aromatic heterocycles. The molecule has 0 saturated heterocycles. The van der Waals surface area contributed by atoms with E-state index in [1.54, 1.807) is 19.2 Å². The summed E-state index contributed by atoms with van der Waals surface area (Å²) in [5, 5.41) is 3.03. The lowest BCUT2D eigenvalue weighted by Gasteiger charge is -2.33. The van der Waals surface area contributed by atoms with Gasteiger partial charge in [0.1, 0.15) is 17.4 Å². The number of fused-ring (bicyclic) bond motifs is 1. The number of Topliss-reactive ketones (excluding diaryl/α,β-unsaturated/α-hetero) is 1. The SMILES string of the molecule is CCCS(=O)(=O)NC1=CC=C(F)C(C(=O)c2c[nH]c3ncc(-c4csc(N(C)C)n4)cc23)C1(C)F. The van der Waals surface area contributed by atoms with Crippen LogP contribution >= 0.6 is 11.3 Å². The molecule has 2 atom stereocenters. The molecule has 0 radical (unpaired) electrons. The largest absolute Gasteiger partial charge is 0.354 e. The van der Waals surface area contributed by atoms with Gasteiger partial charge in [-0.1, -0.05) is 6.92 Å². The van der Waals surface area contributed by atoms with Crippen molar-refractivity contribution >= 4 is 43.3 Å². The van der Waals surface area contributed by atoms with Crippen molar-refractivity contribution in [2.24, 2.45) is 5.92 Å². The van der Waals surface area contributed by atoms with E-state index >= 15 is 4.39 Å². The molecular formula is C23H25F2N5O3S2. The summed E-state index contributed by atoms with van der Waals surface area (Å²) >= 11 is 1.44. The zero-order valence-corrected chi connectivity index (χ0v) is 21.2. The number of nitrogens with one attached hydrogen (secondary N) is 2. The smallest absolute Gasteiger partial charge is 0.232 e. The van der Waals surface area contributed by atoms with E-state index < -0.39 is 33.2 Å². The first-order valence-electron chi connectivity index (χ1n) is 10.9.